The molecular formula is C9H18N2O2. The number of carbonyl (C=O) groups is 1. The van der Waals surface area contributed by atoms with Gasteiger partial charge in [-0.1, -0.05) is 0 Å². The van der Waals surface area contributed by atoms with Gasteiger partial charge in [0.15, 0.2) is 0 Å². The molecule has 0 spiro atoms. The predicted molar refractivity (Wildman–Crippen MR) is 50.3 cm³/mol. The SMILES string of the molecule is CC(=O)N1CC[C@@H](CNCCO)C1. The van der Waals surface area contributed by atoms with Crippen molar-refractivity contribution in [3.63, 3.8) is 0 Å². The van der Waals surface area contributed by atoms with Crippen LogP contribution in [0.25, 0.3) is 0 Å². The fourth-order valence-corrected chi connectivity index (χ4v) is 1.67. The number of hydrogen-bond acceptors (Lipinski definition) is 3. The van der Waals surface area contributed by atoms with Crippen molar-refractivity contribution in [2.24, 2.45) is 5.92 Å². The zero-order valence-corrected chi connectivity index (χ0v) is 8.12. The smallest absolute Gasteiger partial charge is 0.219 e. The van der Waals surface area contributed by atoms with Crippen LogP contribution < -0.4 is 5.32 Å². The van der Waals surface area contributed by atoms with Crippen molar-refractivity contribution in [3.8, 4) is 0 Å². The molecule has 1 amide bonds. The third kappa shape index (κ3) is 3.32. The number of likely N-dealkylation sites (tertiary alicyclic amines) is 1. The minimum atomic E-state index is 0.171. The highest BCUT2D eigenvalue weighted by molar-refractivity contribution is 5.73. The van der Waals surface area contributed by atoms with E-state index in [1.54, 1.807) is 6.92 Å². The van der Waals surface area contributed by atoms with Crippen LogP contribution in [-0.2, 0) is 4.79 Å². The lowest BCUT2D eigenvalue weighted by atomic mass is 10.1. The molecule has 1 heterocycles. The molecule has 1 atom stereocenters. The van der Waals surface area contributed by atoms with E-state index >= 15 is 0 Å². The first-order valence-electron chi connectivity index (χ1n) is 4.81. The molecule has 76 valence electrons. The molecular weight excluding hydrogens is 168 g/mol. The summed E-state index contributed by atoms with van der Waals surface area (Å²) in [7, 11) is 0. The summed E-state index contributed by atoms with van der Waals surface area (Å²) >= 11 is 0. The Morgan fingerprint density at radius 3 is 3.00 bits per heavy atom. The van der Waals surface area contributed by atoms with Crippen LogP contribution in [0, 0.1) is 5.92 Å². The zero-order valence-electron chi connectivity index (χ0n) is 8.12. The molecule has 4 heteroatoms. The van der Waals surface area contributed by atoms with E-state index in [0.717, 1.165) is 26.1 Å². The van der Waals surface area contributed by atoms with Gasteiger partial charge in [-0.05, 0) is 18.9 Å². The van der Waals surface area contributed by atoms with Gasteiger partial charge in [0.25, 0.3) is 0 Å². The number of nitrogens with one attached hydrogen (secondary N) is 1. The van der Waals surface area contributed by atoms with Crippen LogP contribution >= 0.6 is 0 Å². The second-order valence-electron chi connectivity index (χ2n) is 3.55. The number of rotatable bonds is 4. The summed E-state index contributed by atoms with van der Waals surface area (Å²) in [4.78, 5) is 12.9. The molecule has 0 aromatic carbocycles. The summed E-state index contributed by atoms with van der Waals surface area (Å²) in [6.07, 6.45) is 1.08. The summed E-state index contributed by atoms with van der Waals surface area (Å²) < 4.78 is 0. The summed E-state index contributed by atoms with van der Waals surface area (Å²) in [6.45, 7) is 5.11. The van der Waals surface area contributed by atoms with Crippen LogP contribution in [0.5, 0.6) is 0 Å². The summed E-state index contributed by atoms with van der Waals surface area (Å²) in [5.41, 5.74) is 0. The maximum absolute atomic E-state index is 11.0. The van der Waals surface area contributed by atoms with Crippen molar-refractivity contribution in [1.29, 1.82) is 0 Å². The maximum atomic E-state index is 11.0. The maximum Gasteiger partial charge on any atom is 0.219 e. The van der Waals surface area contributed by atoms with Gasteiger partial charge in [0.2, 0.25) is 5.91 Å². The fourth-order valence-electron chi connectivity index (χ4n) is 1.67. The average molecular weight is 186 g/mol. The van der Waals surface area contributed by atoms with Gasteiger partial charge < -0.3 is 15.3 Å². The van der Waals surface area contributed by atoms with Crippen molar-refractivity contribution in [2.45, 2.75) is 13.3 Å². The number of carbonyl (C=O) groups excluding carboxylic acids is 1. The zero-order chi connectivity index (χ0) is 9.68. The molecule has 1 fully saturated rings. The average Bonchev–Trinajstić information content (AvgIpc) is 2.53. The first-order chi connectivity index (χ1) is 6.24. The molecule has 13 heavy (non-hydrogen) atoms. The Hall–Kier alpha value is -0.610. The molecule has 1 aliphatic rings. The molecule has 0 aromatic heterocycles. The Bertz CT molecular complexity index is 173. The van der Waals surface area contributed by atoms with Crippen LogP contribution in [0.4, 0.5) is 0 Å². The lowest BCUT2D eigenvalue weighted by molar-refractivity contribution is -0.127. The van der Waals surface area contributed by atoms with Gasteiger partial charge in [-0.25, -0.2) is 0 Å². The van der Waals surface area contributed by atoms with Gasteiger partial charge >= 0.3 is 0 Å². The molecule has 0 radical (unpaired) electrons. The van der Waals surface area contributed by atoms with Gasteiger partial charge in [-0.3, -0.25) is 4.79 Å². The van der Waals surface area contributed by atoms with E-state index in [1.807, 2.05) is 4.90 Å². The molecule has 0 bridgehead atoms. The number of nitrogens with zero attached hydrogens (tertiary/aromatic N) is 1. The number of aliphatic hydroxyl groups excluding tert-OH is 1. The second-order valence-corrected chi connectivity index (χ2v) is 3.55. The molecule has 1 rings (SSSR count). The number of hydrogen-bond donors (Lipinski definition) is 2. The van der Waals surface area contributed by atoms with E-state index in [0.29, 0.717) is 12.5 Å². The lowest BCUT2D eigenvalue weighted by Gasteiger charge is -2.13. The van der Waals surface area contributed by atoms with Crippen LogP contribution in [0.3, 0.4) is 0 Å². The highest BCUT2D eigenvalue weighted by atomic mass is 16.3. The normalized spacial score (nSPS) is 22.3. The standard InChI is InChI=1S/C9H18N2O2/c1-8(13)11-4-2-9(7-11)6-10-3-5-12/h9-10,12H,2-7H2,1H3/t9-/m0/s1. The molecule has 4 nitrogen and oxygen atoms in total. The lowest BCUT2D eigenvalue weighted by Crippen LogP contribution is -2.30. The summed E-state index contributed by atoms with van der Waals surface area (Å²) in [5.74, 6) is 0.736. The van der Waals surface area contributed by atoms with Gasteiger partial charge in [0.1, 0.15) is 0 Å². The summed E-state index contributed by atoms with van der Waals surface area (Å²) in [6, 6.07) is 0. The molecule has 0 saturated carbocycles. The van der Waals surface area contributed by atoms with Gasteiger partial charge in [-0.15, -0.1) is 0 Å². The van der Waals surface area contributed by atoms with Gasteiger partial charge in [0, 0.05) is 26.6 Å². The first kappa shape index (κ1) is 10.5. The van der Waals surface area contributed by atoms with Crippen LogP contribution in [0.2, 0.25) is 0 Å². The van der Waals surface area contributed by atoms with Crippen molar-refractivity contribution in [1.82, 2.24) is 10.2 Å². The Morgan fingerprint density at radius 1 is 1.69 bits per heavy atom. The van der Waals surface area contributed by atoms with E-state index in [4.69, 9.17) is 5.11 Å². The molecule has 0 aromatic rings. The van der Waals surface area contributed by atoms with E-state index in [1.165, 1.54) is 0 Å². The molecule has 2 N–H and O–H groups in total. The summed E-state index contributed by atoms with van der Waals surface area (Å²) in [5, 5.41) is 11.7. The van der Waals surface area contributed by atoms with Crippen LogP contribution in [-0.4, -0.2) is 48.7 Å². The highest BCUT2D eigenvalue weighted by Crippen LogP contribution is 2.14. The van der Waals surface area contributed by atoms with E-state index in [9.17, 15) is 4.79 Å². The Kier molecular flexibility index (Phi) is 4.18. The van der Waals surface area contributed by atoms with E-state index < -0.39 is 0 Å². The number of amides is 1. The molecule has 0 unspecified atom stereocenters. The molecule has 1 aliphatic heterocycles. The van der Waals surface area contributed by atoms with E-state index in [2.05, 4.69) is 5.32 Å². The fraction of sp³-hybridized carbons (Fsp3) is 0.889. The van der Waals surface area contributed by atoms with Crippen molar-refractivity contribution >= 4 is 5.91 Å². The van der Waals surface area contributed by atoms with Crippen molar-refractivity contribution in [2.75, 3.05) is 32.8 Å². The quantitative estimate of drug-likeness (QED) is 0.578. The third-order valence-electron chi connectivity index (χ3n) is 2.45. The van der Waals surface area contributed by atoms with Crippen molar-refractivity contribution in [3.05, 3.63) is 0 Å². The molecule has 0 aliphatic carbocycles. The molecule has 1 saturated heterocycles. The monoisotopic (exact) mass is 186 g/mol. The van der Waals surface area contributed by atoms with Gasteiger partial charge in [-0.2, -0.15) is 0 Å². The Balaban J connectivity index is 2.14. The third-order valence-corrected chi connectivity index (χ3v) is 2.45. The van der Waals surface area contributed by atoms with Crippen LogP contribution in [0.15, 0.2) is 0 Å². The minimum Gasteiger partial charge on any atom is -0.395 e. The predicted octanol–water partition coefficient (Wildman–Crippen LogP) is -0.563. The number of aliphatic hydroxyl groups is 1. The van der Waals surface area contributed by atoms with E-state index in [-0.39, 0.29) is 12.5 Å². The van der Waals surface area contributed by atoms with Gasteiger partial charge in [0.05, 0.1) is 6.61 Å². The largest absolute Gasteiger partial charge is 0.395 e. The Labute approximate surface area is 78.9 Å². The van der Waals surface area contributed by atoms with Crippen molar-refractivity contribution < 1.29 is 9.90 Å². The second kappa shape index (κ2) is 5.19. The topological polar surface area (TPSA) is 52.6 Å². The minimum absolute atomic E-state index is 0.171. The highest BCUT2D eigenvalue weighted by Gasteiger charge is 2.23. The van der Waals surface area contributed by atoms with Crippen LogP contribution in [0.1, 0.15) is 13.3 Å². The Morgan fingerprint density at radius 2 is 2.46 bits per heavy atom. The first-order valence-corrected chi connectivity index (χ1v) is 4.81.